The predicted molar refractivity (Wildman–Crippen MR) is 104 cm³/mol. The van der Waals surface area contributed by atoms with E-state index in [1.54, 1.807) is 0 Å². The number of nitrogens with two attached hydrogens (primary N) is 1. The molecule has 0 radical (unpaired) electrons. The van der Waals surface area contributed by atoms with Crippen LogP contribution in [0.1, 0.15) is 17.2 Å². The average molecular weight is 388 g/mol. The summed E-state index contributed by atoms with van der Waals surface area (Å²) in [5.41, 5.74) is 8.51. The molecule has 0 amide bonds. The van der Waals surface area contributed by atoms with Crippen LogP contribution in [0, 0.1) is 5.92 Å². The number of nitrogens with zero attached hydrogens (tertiary/aromatic N) is 1. The third-order valence-electron chi connectivity index (χ3n) is 5.09. The fourth-order valence-corrected chi connectivity index (χ4v) is 5.09. The summed E-state index contributed by atoms with van der Waals surface area (Å²) in [6.07, 6.45) is 0.477. The lowest BCUT2D eigenvalue weighted by molar-refractivity contribution is -0.144. The van der Waals surface area contributed by atoms with Gasteiger partial charge in [0.1, 0.15) is 0 Å². The molecule has 7 heteroatoms. The van der Waals surface area contributed by atoms with Crippen molar-refractivity contribution in [3.05, 3.63) is 71.8 Å². The van der Waals surface area contributed by atoms with E-state index in [4.69, 9.17) is 10.5 Å². The van der Waals surface area contributed by atoms with Crippen LogP contribution in [0.25, 0.3) is 0 Å². The van der Waals surface area contributed by atoms with E-state index in [1.165, 1.54) is 7.11 Å². The Hall–Kier alpha value is -2.22. The van der Waals surface area contributed by atoms with Gasteiger partial charge in [-0.05, 0) is 11.1 Å². The van der Waals surface area contributed by atoms with Gasteiger partial charge in [0, 0.05) is 18.7 Å². The van der Waals surface area contributed by atoms with E-state index < -0.39 is 33.1 Å². The second-order valence-electron chi connectivity index (χ2n) is 6.85. The summed E-state index contributed by atoms with van der Waals surface area (Å²) < 4.78 is 29.0. The molecule has 0 bridgehead atoms. The highest BCUT2D eigenvalue weighted by atomic mass is 32.2. The highest BCUT2D eigenvalue weighted by Crippen LogP contribution is 2.39. The van der Waals surface area contributed by atoms with Gasteiger partial charge in [-0.25, -0.2) is 8.42 Å². The molecule has 1 unspecified atom stereocenters. The fourth-order valence-electron chi connectivity index (χ4n) is 3.76. The Balaban J connectivity index is 1.92. The molecule has 1 fully saturated rings. The third kappa shape index (κ3) is 3.90. The number of carbonyl (C=O) groups excluding carboxylic acids is 1. The number of benzene rings is 2. The van der Waals surface area contributed by atoms with Crippen molar-refractivity contribution in [1.29, 1.82) is 0 Å². The zero-order chi connectivity index (χ0) is 19.6. The molecule has 6 nitrogen and oxygen atoms in total. The minimum atomic E-state index is -3.63. The molecule has 0 spiro atoms. The molecule has 27 heavy (non-hydrogen) atoms. The quantitative estimate of drug-likeness (QED) is 0.756. The number of ether oxygens (including phenoxy) is 1. The highest BCUT2D eigenvalue weighted by molar-refractivity contribution is 7.92. The van der Waals surface area contributed by atoms with Gasteiger partial charge < -0.3 is 10.5 Å². The Morgan fingerprint density at radius 2 is 1.56 bits per heavy atom. The molecule has 3 rings (SSSR count). The summed E-state index contributed by atoms with van der Waals surface area (Å²) in [4.78, 5) is 14.1. The lowest BCUT2D eigenvalue weighted by atomic mass is 9.85. The van der Waals surface area contributed by atoms with Crippen LogP contribution in [-0.2, 0) is 19.4 Å². The first kappa shape index (κ1) is 19.5. The minimum absolute atomic E-state index is 0.114. The van der Waals surface area contributed by atoms with Gasteiger partial charge in [-0.3, -0.25) is 9.69 Å². The van der Waals surface area contributed by atoms with Gasteiger partial charge in [-0.2, -0.15) is 0 Å². The molecule has 2 aromatic carbocycles. The molecule has 2 aromatic rings. The maximum absolute atomic E-state index is 12.2. The van der Waals surface area contributed by atoms with E-state index in [0.29, 0.717) is 6.54 Å². The van der Waals surface area contributed by atoms with Gasteiger partial charge in [-0.1, -0.05) is 60.7 Å². The van der Waals surface area contributed by atoms with E-state index >= 15 is 0 Å². The smallest absolute Gasteiger partial charge is 0.324 e. The van der Waals surface area contributed by atoms with Crippen molar-refractivity contribution < 1.29 is 17.9 Å². The van der Waals surface area contributed by atoms with Gasteiger partial charge in [-0.15, -0.1) is 0 Å². The van der Waals surface area contributed by atoms with Crippen molar-refractivity contribution in [2.75, 3.05) is 19.9 Å². The Kier molecular flexibility index (Phi) is 5.64. The molecular weight excluding hydrogens is 364 g/mol. The summed E-state index contributed by atoms with van der Waals surface area (Å²) in [6, 6.07) is 19.7. The van der Waals surface area contributed by atoms with Crippen LogP contribution in [0.15, 0.2) is 60.7 Å². The van der Waals surface area contributed by atoms with Crippen molar-refractivity contribution in [3.63, 3.8) is 0 Å². The van der Waals surface area contributed by atoms with Gasteiger partial charge >= 0.3 is 5.97 Å². The number of hydrogen-bond acceptors (Lipinski definition) is 6. The number of methoxy groups -OCH3 is 1. The number of sulfone groups is 1. The number of likely N-dealkylation sites (tertiary alicyclic amines) is 1. The van der Waals surface area contributed by atoms with Crippen LogP contribution >= 0.6 is 0 Å². The van der Waals surface area contributed by atoms with E-state index in [9.17, 15) is 13.2 Å². The lowest BCUT2D eigenvalue weighted by Gasteiger charge is -2.51. The zero-order valence-corrected chi connectivity index (χ0v) is 16.2. The van der Waals surface area contributed by atoms with Crippen molar-refractivity contribution >= 4 is 15.8 Å². The summed E-state index contributed by atoms with van der Waals surface area (Å²) in [5, 5.41) is -1.25. The van der Waals surface area contributed by atoms with E-state index in [0.717, 1.165) is 17.4 Å². The topological polar surface area (TPSA) is 89.7 Å². The molecule has 1 heterocycles. The van der Waals surface area contributed by atoms with Crippen LogP contribution in [0.4, 0.5) is 0 Å². The third-order valence-corrected chi connectivity index (χ3v) is 6.55. The first-order valence-electron chi connectivity index (χ1n) is 8.72. The molecule has 1 aliphatic heterocycles. The van der Waals surface area contributed by atoms with Gasteiger partial charge in [0.05, 0.1) is 19.3 Å². The summed E-state index contributed by atoms with van der Waals surface area (Å²) >= 11 is 0. The first-order valence-corrected chi connectivity index (χ1v) is 10.7. The van der Waals surface area contributed by atoms with Crippen LogP contribution in [0.3, 0.4) is 0 Å². The standard InChI is InChI=1S/C20H24N2O4S/c1-26-20(23)18(27(2,24)25)16-13-22(19(16)21)17(14-9-5-3-6-10-14)15-11-7-4-8-12-15/h3-12,16-19H,13,21H2,1-2H3/t16-,18?,19+/m1/s1. The molecule has 144 valence electrons. The number of hydrogen-bond donors (Lipinski definition) is 1. The van der Waals surface area contributed by atoms with Crippen LogP contribution in [0.2, 0.25) is 0 Å². The highest BCUT2D eigenvalue weighted by Gasteiger charge is 2.51. The molecular formula is C20H24N2O4S. The van der Waals surface area contributed by atoms with E-state index in [-0.39, 0.29) is 6.04 Å². The monoisotopic (exact) mass is 388 g/mol. The van der Waals surface area contributed by atoms with Gasteiger partial charge in [0.15, 0.2) is 15.1 Å². The van der Waals surface area contributed by atoms with Crippen molar-refractivity contribution in [1.82, 2.24) is 4.90 Å². The largest absolute Gasteiger partial charge is 0.468 e. The minimum Gasteiger partial charge on any atom is -0.468 e. The zero-order valence-electron chi connectivity index (χ0n) is 15.4. The predicted octanol–water partition coefficient (Wildman–Crippen LogP) is 1.58. The molecule has 1 saturated heterocycles. The van der Waals surface area contributed by atoms with Crippen LogP contribution in [-0.4, -0.2) is 50.6 Å². The maximum atomic E-state index is 12.2. The fraction of sp³-hybridized carbons (Fsp3) is 0.350. The molecule has 2 N–H and O–H groups in total. The second kappa shape index (κ2) is 7.80. The average Bonchev–Trinajstić information content (AvgIpc) is 2.67. The number of carbonyl (C=O) groups is 1. The molecule has 0 aliphatic carbocycles. The summed E-state index contributed by atoms with van der Waals surface area (Å²) in [5.74, 6) is -1.27. The number of rotatable bonds is 6. The Bertz CT molecular complexity index is 847. The Labute approximate surface area is 159 Å². The molecule has 1 aliphatic rings. The first-order chi connectivity index (χ1) is 12.8. The lowest BCUT2D eigenvalue weighted by Crippen LogP contribution is -2.67. The molecule has 0 aromatic heterocycles. The number of esters is 1. The van der Waals surface area contributed by atoms with E-state index in [1.807, 2.05) is 65.6 Å². The van der Waals surface area contributed by atoms with Crippen LogP contribution in [0.5, 0.6) is 0 Å². The van der Waals surface area contributed by atoms with Crippen molar-refractivity contribution in [2.24, 2.45) is 11.7 Å². The van der Waals surface area contributed by atoms with Gasteiger partial charge in [0.2, 0.25) is 0 Å². The van der Waals surface area contributed by atoms with Crippen LogP contribution < -0.4 is 5.73 Å². The van der Waals surface area contributed by atoms with Gasteiger partial charge in [0.25, 0.3) is 0 Å². The Morgan fingerprint density at radius 1 is 1.07 bits per heavy atom. The SMILES string of the molecule is COC(=O)C([C@H]1CN(C(c2ccccc2)c2ccccc2)[C@@H]1N)S(C)(=O)=O. The summed E-state index contributed by atoms with van der Waals surface area (Å²) in [7, 11) is -2.44. The normalized spacial score (nSPS) is 21.5. The molecule has 3 atom stereocenters. The second-order valence-corrected chi connectivity index (χ2v) is 9.02. The maximum Gasteiger partial charge on any atom is 0.324 e. The van der Waals surface area contributed by atoms with Crippen molar-refractivity contribution in [2.45, 2.75) is 17.5 Å². The van der Waals surface area contributed by atoms with E-state index in [2.05, 4.69) is 0 Å². The summed E-state index contributed by atoms with van der Waals surface area (Å²) in [6.45, 7) is 0.391. The Morgan fingerprint density at radius 3 is 1.93 bits per heavy atom. The molecule has 0 saturated carbocycles. The van der Waals surface area contributed by atoms with Crippen molar-refractivity contribution in [3.8, 4) is 0 Å².